The molecule has 3 aliphatic heterocycles. The van der Waals surface area contributed by atoms with Gasteiger partial charge in [-0.15, -0.1) is 0 Å². The molecular weight excluding hydrogens is 560 g/mol. The van der Waals surface area contributed by atoms with Crippen LogP contribution in [0, 0.1) is 5.82 Å². The van der Waals surface area contributed by atoms with E-state index in [1.807, 2.05) is 29.0 Å². The van der Waals surface area contributed by atoms with Gasteiger partial charge in [-0.2, -0.15) is 9.97 Å². The molecule has 0 N–H and O–H groups in total. The van der Waals surface area contributed by atoms with E-state index in [1.165, 1.54) is 11.6 Å². The summed E-state index contributed by atoms with van der Waals surface area (Å²) in [5, 5.41) is 0.818. The first-order valence-electron chi connectivity index (χ1n) is 14.8. The number of amides is 1. The first-order chi connectivity index (χ1) is 20.3. The molecule has 220 valence electrons. The molecule has 2 aromatic carbocycles. The van der Waals surface area contributed by atoms with Gasteiger partial charge >= 0.3 is 6.01 Å². The zero-order valence-corrected chi connectivity index (χ0v) is 24.4. The van der Waals surface area contributed by atoms with Crippen molar-refractivity contribution in [1.29, 1.82) is 0 Å². The Morgan fingerprint density at radius 1 is 1.21 bits per heavy atom. The van der Waals surface area contributed by atoms with Crippen molar-refractivity contribution in [2.24, 2.45) is 0 Å². The molecule has 3 aromatic rings. The van der Waals surface area contributed by atoms with Gasteiger partial charge in [0.15, 0.2) is 5.82 Å². The summed E-state index contributed by atoms with van der Waals surface area (Å²) in [5.41, 5.74) is 3.67. The highest BCUT2D eigenvalue weighted by Gasteiger charge is 2.49. The van der Waals surface area contributed by atoms with Crippen LogP contribution in [0.3, 0.4) is 0 Å². The Morgan fingerprint density at radius 2 is 2.05 bits per heavy atom. The Hall–Kier alpha value is -3.30. The number of ether oxygens (including phenoxy) is 1. The van der Waals surface area contributed by atoms with Crippen LogP contribution in [0.4, 0.5) is 14.6 Å². The Bertz CT molecular complexity index is 1580. The van der Waals surface area contributed by atoms with Crippen LogP contribution in [0.1, 0.15) is 36.8 Å². The summed E-state index contributed by atoms with van der Waals surface area (Å²) in [6.45, 7) is 5.37. The fourth-order valence-corrected chi connectivity index (χ4v) is 7.63. The lowest BCUT2D eigenvalue weighted by atomic mass is 9.85. The number of anilines is 1. The van der Waals surface area contributed by atoms with Gasteiger partial charge in [0.05, 0.1) is 17.1 Å². The second kappa shape index (κ2) is 10.8. The topological polar surface area (TPSA) is 61.8 Å². The Morgan fingerprint density at radius 3 is 2.83 bits per heavy atom. The van der Waals surface area contributed by atoms with Crippen molar-refractivity contribution in [3.8, 4) is 17.1 Å². The van der Waals surface area contributed by atoms with Gasteiger partial charge in [0.2, 0.25) is 5.91 Å². The van der Waals surface area contributed by atoms with Gasteiger partial charge in [0.1, 0.15) is 24.1 Å². The molecule has 7 nitrogen and oxygen atoms in total. The van der Waals surface area contributed by atoms with E-state index in [0.717, 1.165) is 43.2 Å². The van der Waals surface area contributed by atoms with E-state index in [4.69, 9.17) is 21.3 Å². The molecule has 1 amide bonds. The minimum Gasteiger partial charge on any atom is -0.462 e. The number of aryl methyl sites for hydroxylation is 1. The third-order valence-corrected chi connectivity index (χ3v) is 9.87. The smallest absolute Gasteiger partial charge is 0.319 e. The number of nitrogens with zero attached hydrogens (tertiary/aromatic N) is 5. The molecule has 3 fully saturated rings. The number of alkyl halides is 1. The summed E-state index contributed by atoms with van der Waals surface area (Å²) < 4.78 is 36.8. The number of carbonyl (C=O) groups excluding carboxylic acids is 1. The van der Waals surface area contributed by atoms with Gasteiger partial charge in [0.25, 0.3) is 0 Å². The fraction of sp³-hybridized carbons (Fsp3) is 0.469. The standard InChI is InChI=1S/C32H34ClF2N5O2/c1-3-27(41)39-12-11-25-26(39)16-40(25)31-23-14-24(33)28(22-10-6-8-18-7-4-5-9-21(18)22)29(35)30(23)36-32(37-31)42-17-20-13-19(34)15-38(20)2/h3,6,8,10,14,19-20,25-26H,1,4-5,7,9,11-13,15-17H2,2H3/t19-,20+,25?,26-/m1/s1. The van der Waals surface area contributed by atoms with Crippen LogP contribution in [0.25, 0.3) is 22.0 Å². The van der Waals surface area contributed by atoms with Crippen LogP contribution in [0.2, 0.25) is 5.02 Å². The molecule has 1 unspecified atom stereocenters. The number of likely N-dealkylation sites (N-methyl/N-ethyl adjacent to an activating group) is 1. The lowest BCUT2D eigenvalue weighted by Gasteiger charge is -2.47. The van der Waals surface area contributed by atoms with Crippen molar-refractivity contribution >= 4 is 34.2 Å². The number of likely N-dealkylation sites (tertiary alicyclic amines) is 2. The molecule has 4 aliphatic rings. The van der Waals surface area contributed by atoms with Crippen LogP contribution >= 0.6 is 11.6 Å². The molecule has 10 heteroatoms. The number of carbonyl (C=O) groups is 1. The highest BCUT2D eigenvalue weighted by atomic mass is 35.5. The van der Waals surface area contributed by atoms with Gasteiger partial charge in [-0.3, -0.25) is 9.69 Å². The molecule has 0 bridgehead atoms. The number of fused-ring (bicyclic) bond motifs is 3. The van der Waals surface area contributed by atoms with Gasteiger partial charge in [-0.05, 0) is 74.4 Å². The predicted molar refractivity (Wildman–Crippen MR) is 159 cm³/mol. The number of halogens is 3. The van der Waals surface area contributed by atoms with Gasteiger partial charge < -0.3 is 14.5 Å². The van der Waals surface area contributed by atoms with Crippen molar-refractivity contribution in [3.05, 3.63) is 58.9 Å². The second-order valence-corrected chi connectivity index (χ2v) is 12.4. The summed E-state index contributed by atoms with van der Waals surface area (Å²) in [6.07, 6.45) is 5.60. The summed E-state index contributed by atoms with van der Waals surface area (Å²) >= 11 is 6.88. The van der Waals surface area contributed by atoms with E-state index < -0.39 is 12.0 Å². The molecule has 3 saturated heterocycles. The molecular formula is C32H34ClF2N5O2. The van der Waals surface area contributed by atoms with E-state index in [0.29, 0.717) is 47.8 Å². The van der Waals surface area contributed by atoms with Gasteiger partial charge in [-0.1, -0.05) is 36.4 Å². The minimum atomic E-state index is -0.905. The number of benzene rings is 2. The average molecular weight is 594 g/mol. The van der Waals surface area contributed by atoms with Gasteiger partial charge in [-0.25, -0.2) is 8.78 Å². The average Bonchev–Trinajstić information content (AvgIpc) is 3.48. The van der Waals surface area contributed by atoms with E-state index in [1.54, 1.807) is 6.07 Å². The molecule has 0 radical (unpaired) electrons. The summed E-state index contributed by atoms with van der Waals surface area (Å²) in [4.78, 5) is 27.6. The van der Waals surface area contributed by atoms with E-state index >= 15 is 4.39 Å². The maximum atomic E-state index is 16.7. The summed E-state index contributed by atoms with van der Waals surface area (Å²) in [6, 6.07) is 7.79. The first kappa shape index (κ1) is 27.5. The molecule has 42 heavy (non-hydrogen) atoms. The maximum Gasteiger partial charge on any atom is 0.319 e. The van der Waals surface area contributed by atoms with Gasteiger partial charge in [0, 0.05) is 36.6 Å². The lowest BCUT2D eigenvalue weighted by molar-refractivity contribution is -0.127. The van der Waals surface area contributed by atoms with E-state index in [2.05, 4.69) is 22.5 Å². The number of aromatic nitrogens is 2. The quantitative estimate of drug-likeness (QED) is 0.359. The fourth-order valence-electron chi connectivity index (χ4n) is 7.34. The molecule has 4 heterocycles. The highest BCUT2D eigenvalue weighted by molar-refractivity contribution is 6.34. The molecule has 0 spiro atoms. The Kier molecular flexibility index (Phi) is 7.05. The largest absolute Gasteiger partial charge is 0.462 e. The summed E-state index contributed by atoms with van der Waals surface area (Å²) in [5.74, 6) is -0.0519. The molecule has 0 saturated carbocycles. The van der Waals surface area contributed by atoms with Crippen molar-refractivity contribution in [3.63, 3.8) is 0 Å². The van der Waals surface area contributed by atoms with Crippen LogP contribution < -0.4 is 9.64 Å². The van der Waals surface area contributed by atoms with Crippen molar-refractivity contribution in [2.75, 3.05) is 38.2 Å². The van der Waals surface area contributed by atoms with Crippen LogP contribution in [-0.4, -0.2) is 83.3 Å². The Balaban J connectivity index is 1.31. The zero-order chi connectivity index (χ0) is 29.1. The first-order valence-corrected chi connectivity index (χ1v) is 15.2. The van der Waals surface area contributed by atoms with Crippen LogP contribution in [0.5, 0.6) is 6.01 Å². The number of rotatable bonds is 6. The Labute approximate surface area is 249 Å². The van der Waals surface area contributed by atoms with Crippen molar-refractivity contribution in [2.45, 2.75) is 62.8 Å². The number of hydrogen-bond acceptors (Lipinski definition) is 6. The SMILES string of the molecule is C=CC(=O)N1CCC2[C@H]1CN2c1nc(OC[C@@H]2C[C@@H](F)CN2C)nc2c(F)c(-c3cccc4c3CCCC4)c(Cl)cc12. The predicted octanol–water partition coefficient (Wildman–Crippen LogP) is 5.36. The highest BCUT2D eigenvalue weighted by Crippen LogP contribution is 2.44. The molecule has 7 rings (SSSR count). The second-order valence-electron chi connectivity index (χ2n) is 12.0. The molecule has 1 aliphatic carbocycles. The molecule has 4 atom stereocenters. The lowest BCUT2D eigenvalue weighted by Crippen LogP contribution is -2.63. The monoisotopic (exact) mass is 593 g/mol. The molecule has 1 aromatic heterocycles. The third kappa shape index (κ3) is 4.52. The van der Waals surface area contributed by atoms with E-state index in [-0.39, 0.29) is 42.2 Å². The van der Waals surface area contributed by atoms with Crippen molar-refractivity contribution in [1.82, 2.24) is 19.8 Å². The third-order valence-electron chi connectivity index (χ3n) is 9.57. The normalized spacial score (nSPS) is 25.3. The van der Waals surface area contributed by atoms with Crippen LogP contribution in [-0.2, 0) is 17.6 Å². The number of hydrogen-bond donors (Lipinski definition) is 0. The van der Waals surface area contributed by atoms with Crippen molar-refractivity contribution < 1.29 is 18.3 Å². The van der Waals surface area contributed by atoms with E-state index in [9.17, 15) is 9.18 Å². The minimum absolute atomic E-state index is 0.0361. The zero-order valence-electron chi connectivity index (χ0n) is 23.7. The van der Waals surface area contributed by atoms with Crippen LogP contribution in [0.15, 0.2) is 36.9 Å². The summed E-state index contributed by atoms with van der Waals surface area (Å²) in [7, 11) is 1.87. The maximum absolute atomic E-state index is 16.7.